The number of amides is 1. The number of ether oxygens (including phenoxy) is 2. The second-order valence-electron chi connectivity index (χ2n) is 9.06. The molecule has 1 aliphatic heterocycles. The Morgan fingerprint density at radius 1 is 1.03 bits per heavy atom. The van der Waals surface area contributed by atoms with Crippen LogP contribution in [-0.2, 0) is 9.53 Å². The Balaban J connectivity index is 1.66. The molecule has 1 amide bonds. The van der Waals surface area contributed by atoms with Gasteiger partial charge in [0, 0.05) is 24.2 Å². The van der Waals surface area contributed by atoms with Crippen LogP contribution in [0.1, 0.15) is 42.3 Å². The zero-order chi connectivity index (χ0) is 25.8. The molecule has 0 bridgehead atoms. The van der Waals surface area contributed by atoms with E-state index in [4.69, 9.17) is 14.5 Å². The number of carbonyl (C=O) groups excluding carboxylic acids is 1. The van der Waals surface area contributed by atoms with Crippen LogP contribution in [0, 0.1) is 13.8 Å². The molecule has 7 heteroatoms. The molecule has 0 spiro atoms. The minimum atomic E-state index is -0.0598. The number of methoxy groups -OCH3 is 2. The molecule has 6 nitrogen and oxygen atoms in total. The molecule has 1 aromatic heterocycles. The summed E-state index contributed by atoms with van der Waals surface area (Å²) in [5.74, 6) is 1.20. The van der Waals surface area contributed by atoms with Crippen molar-refractivity contribution in [3.63, 3.8) is 0 Å². The second-order valence-corrected chi connectivity index (χ2v) is 10.1. The Kier molecular flexibility index (Phi) is 8.01. The van der Waals surface area contributed by atoms with Crippen LogP contribution in [0.3, 0.4) is 0 Å². The number of hydrogen-bond donors (Lipinski definition) is 0. The summed E-state index contributed by atoms with van der Waals surface area (Å²) in [6.45, 7) is 9.46. The number of rotatable bonds is 8. The first-order chi connectivity index (χ1) is 17.3. The number of aliphatic imine (C=N–C) groups is 1. The highest BCUT2D eigenvalue weighted by molar-refractivity contribution is 8.18. The highest BCUT2D eigenvalue weighted by atomic mass is 32.2. The second kappa shape index (κ2) is 11.2. The van der Waals surface area contributed by atoms with Crippen molar-refractivity contribution in [3.8, 4) is 11.4 Å². The summed E-state index contributed by atoms with van der Waals surface area (Å²) in [5, 5.41) is 0.645. The number of aromatic nitrogens is 1. The molecule has 2 heterocycles. The minimum Gasteiger partial charge on any atom is -0.497 e. The summed E-state index contributed by atoms with van der Waals surface area (Å²) in [7, 11) is 3.26. The van der Waals surface area contributed by atoms with Gasteiger partial charge in [0.2, 0.25) is 0 Å². The number of amidine groups is 1. The molecule has 0 N–H and O–H groups in total. The van der Waals surface area contributed by atoms with E-state index >= 15 is 0 Å². The zero-order valence-corrected chi connectivity index (χ0v) is 22.6. The molecular formula is C29H33N3O3S. The van der Waals surface area contributed by atoms with Crippen molar-refractivity contribution < 1.29 is 14.3 Å². The van der Waals surface area contributed by atoms with Crippen LogP contribution in [0.15, 0.2) is 64.5 Å². The Bertz CT molecular complexity index is 1290. The van der Waals surface area contributed by atoms with Gasteiger partial charge in [-0.2, -0.15) is 0 Å². The smallest absolute Gasteiger partial charge is 0.266 e. The molecule has 1 saturated heterocycles. The fraction of sp³-hybridized carbons (Fsp3) is 0.310. The topological polar surface area (TPSA) is 56.1 Å². The van der Waals surface area contributed by atoms with Crippen molar-refractivity contribution in [2.45, 2.75) is 33.6 Å². The molecule has 0 atom stereocenters. The van der Waals surface area contributed by atoms with Crippen LogP contribution >= 0.6 is 11.8 Å². The summed E-state index contributed by atoms with van der Waals surface area (Å²) in [6, 6.07) is 18.3. The van der Waals surface area contributed by atoms with E-state index in [9.17, 15) is 4.79 Å². The van der Waals surface area contributed by atoms with Gasteiger partial charge in [-0.25, -0.2) is 4.99 Å². The van der Waals surface area contributed by atoms with Crippen LogP contribution in [0.4, 0.5) is 5.69 Å². The number of aryl methyl sites for hydroxylation is 1. The zero-order valence-electron chi connectivity index (χ0n) is 21.7. The normalized spacial score (nSPS) is 16.1. The lowest BCUT2D eigenvalue weighted by Crippen LogP contribution is -2.32. The molecule has 4 rings (SSSR count). The molecule has 188 valence electrons. The maximum atomic E-state index is 13.4. The van der Waals surface area contributed by atoms with Crippen molar-refractivity contribution in [1.82, 2.24) is 9.47 Å². The third-order valence-electron chi connectivity index (χ3n) is 6.28. The van der Waals surface area contributed by atoms with Gasteiger partial charge in [0.25, 0.3) is 5.91 Å². The van der Waals surface area contributed by atoms with Crippen molar-refractivity contribution in [1.29, 1.82) is 0 Å². The SMILES string of the molecule is COCCN1C(=O)/C(=C/c2cc(C)n(-c3ccc(C(C)C)cc3)c2C)SC1=Nc1ccc(OC)cc1. The Morgan fingerprint density at radius 2 is 1.72 bits per heavy atom. The monoisotopic (exact) mass is 503 g/mol. The Hall–Kier alpha value is -3.29. The Morgan fingerprint density at radius 3 is 2.33 bits per heavy atom. The summed E-state index contributed by atoms with van der Waals surface area (Å²) >= 11 is 1.39. The molecule has 0 aliphatic carbocycles. The average Bonchev–Trinajstić information content (AvgIpc) is 3.32. The maximum Gasteiger partial charge on any atom is 0.266 e. The fourth-order valence-corrected chi connectivity index (χ4v) is 5.23. The van der Waals surface area contributed by atoms with Crippen LogP contribution < -0.4 is 4.74 Å². The van der Waals surface area contributed by atoms with Gasteiger partial charge in [0.1, 0.15) is 5.75 Å². The van der Waals surface area contributed by atoms with E-state index in [0.29, 0.717) is 29.1 Å². The van der Waals surface area contributed by atoms with Gasteiger partial charge in [-0.15, -0.1) is 0 Å². The number of thioether (sulfide) groups is 1. The average molecular weight is 504 g/mol. The molecule has 0 radical (unpaired) electrons. The van der Waals surface area contributed by atoms with E-state index in [2.05, 4.69) is 62.6 Å². The van der Waals surface area contributed by atoms with E-state index in [0.717, 1.165) is 34.1 Å². The van der Waals surface area contributed by atoms with Crippen molar-refractivity contribution in [3.05, 3.63) is 82.0 Å². The summed E-state index contributed by atoms with van der Waals surface area (Å²) in [5.41, 5.74) is 6.43. The molecule has 1 fully saturated rings. The van der Waals surface area contributed by atoms with Crippen LogP contribution in [0.25, 0.3) is 11.8 Å². The molecule has 0 unspecified atom stereocenters. The van der Waals surface area contributed by atoms with Crippen LogP contribution in [0.5, 0.6) is 5.75 Å². The highest BCUT2D eigenvalue weighted by Gasteiger charge is 2.33. The first kappa shape index (κ1) is 25.8. The number of benzene rings is 2. The molecule has 3 aromatic rings. The van der Waals surface area contributed by atoms with Gasteiger partial charge in [0.05, 0.1) is 30.9 Å². The largest absolute Gasteiger partial charge is 0.497 e. The molecule has 1 aliphatic rings. The van der Waals surface area contributed by atoms with E-state index < -0.39 is 0 Å². The fourth-order valence-electron chi connectivity index (χ4n) is 4.22. The lowest BCUT2D eigenvalue weighted by Gasteiger charge is -2.14. The first-order valence-corrected chi connectivity index (χ1v) is 12.9. The predicted octanol–water partition coefficient (Wildman–Crippen LogP) is 6.48. The van der Waals surface area contributed by atoms with E-state index in [1.165, 1.54) is 17.3 Å². The van der Waals surface area contributed by atoms with Gasteiger partial charge in [0.15, 0.2) is 5.17 Å². The standard InChI is InChI=1S/C29H33N3O3S/c1-19(2)22-7-11-25(12-8-22)32-20(3)17-23(21(32)4)18-27-28(33)31(15-16-34-5)29(36-27)30-24-9-13-26(35-6)14-10-24/h7-14,17-19H,15-16H2,1-6H3/b27-18-,30-29?. The molecule has 0 saturated carbocycles. The third kappa shape index (κ3) is 5.42. The van der Waals surface area contributed by atoms with Gasteiger partial charge < -0.3 is 14.0 Å². The van der Waals surface area contributed by atoms with E-state index in [1.54, 1.807) is 19.1 Å². The Labute approximate surface area is 217 Å². The molecule has 2 aromatic carbocycles. The third-order valence-corrected chi connectivity index (χ3v) is 7.29. The summed E-state index contributed by atoms with van der Waals surface area (Å²) < 4.78 is 12.7. The minimum absolute atomic E-state index is 0.0598. The summed E-state index contributed by atoms with van der Waals surface area (Å²) in [6.07, 6.45) is 1.98. The van der Waals surface area contributed by atoms with Crippen molar-refractivity contribution >= 4 is 34.6 Å². The van der Waals surface area contributed by atoms with Gasteiger partial charge in [-0.1, -0.05) is 26.0 Å². The first-order valence-electron chi connectivity index (χ1n) is 12.0. The van der Waals surface area contributed by atoms with Crippen LogP contribution in [-0.4, -0.2) is 47.9 Å². The van der Waals surface area contributed by atoms with Crippen molar-refractivity contribution in [2.24, 2.45) is 4.99 Å². The quantitative estimate of drug-likeness (QED) is 0.330. The van der Waals surface area contributed by atoms with Gasteiger partial charge in [-0.3, -0.25) is 9.69 Å². The number of nitrogens with zero attached hydrogens (tertiary/aromatic N) is 3. The predicted molar refractivity (Wildman–Crippen MR) is 149 cm³/mol. The molecular weight excluding hydrogens is 470 g/mol. The highest BCUT2D eigenvalue weighted by Crippen LogP contribution is 2.35. The molecule has 36 heavy (non-hydrogen) atoms. The lowest BCUT2D eigenvalue weighted by molar-refractivity contribution is -0.122. The lowest BCUT2D eigenvalue weighted by atomic mass is 10.0. The van der Waals surface area contributed by atoms with Gasteiger partial charge >= 0.3 is 0 Å². The summed E-state index contributed by atoms with van der Waals surface area (Å²) in [4.78, 5) is 20.5. The van der Waals surface area contributed by atoms with E-state index in [1.807, 2.05) is 30.3 Å². The number of hydrogen-bond acceptors (Lipinski definition) is 5. The van der Waals surface area contributed by atoms with Crippen molar-refractivity contribution in [2.75, 3.05) is 27.4 Å². The van der Waals surface area contributed by atoms with Crippen LogP contribution in [0.2, 0.25) is 0 Å². The number of carbonyl (C=O) groups is 1. The maximum absolute atomic E-state index is 13.4. The van der Waals surface area contributed by atoms with E-state index in [-0.39, 0.29) is 5.91 Å². The van der Waals surface area contributed by atoms with Gasteiger partial charge in [-0.05, 0) is 91.2 Å².